The van der Waals surface area contributed by atoms with Crippen LogP contribution in [0.1, 0.15) is 45.9 Å². The van der Waals surface area contributed by atoms with Crippen molar-refractivity contribution in [2.75, 3.05) is 27.3 Å². The number of hydrogen-bond donors (Lipinski definition) is 1. The lowest BCUT2D eigenvalue weighted by Gasteiger charge is -2.38. The normalized spacial score (nSPS) is 14.7. The van der Waals surface area contributed by atoms with Crippen LogP contribution in [0, 0.1) is 0 Å². The molecule has 0 spiro atoms. The van der Waals surface area contributed by atoms with Gasteiger partial charge in [-0.2, -0.15) is 0 Å². The van der Waals surface area contributed by atoms with Crippen LogP contribution in [0.4, 0.5) is 0 Å². The highest BCUT2D eigenvalue weighted by Crippen LogP contribution is 2.41. The molecule has 0 aliphatic carbocycles. The van der Waals surface area contributed by atoms with Gasteiger partial charge >= 0.3 is 0 Å². The topological polar surface area (TPSA) is 67.9 Å². The Balaban J connectivity index is 1.47. The van der Waals surface area contributed by atoms with Gasteiger partial charge in [-0.25, -0.2) is 0 Å². The molecule has 182 valence electrons. The number of hydrogen-bond acceptors (Lipinski definition) is 4. The molecule has 0 aromatic heterocycles. The molecule has 0 radical (unpaired) electrons. The second-order valence-electron chi connectivity index (χ2n) is 8.42. The minimum atomic E-state index is -0.212. The molecule has 1 aliphatic heterocycles. The molecule has 1 aliphatic rings. The van der Waals surface area contributed by atoms with Gasteiger partial charge in [-0.1, -0.05) is 41.9 Å². The first-order valence-corrected chi connectivity index (χ1v) is 12.0. The lowest BCUT2D eigenvalue weighted by molar-refractivity contribution is -0.133. The fraction of sp³-hybridized carbons (Fsp3) is 0.286. The van der Waals surface area contributed by atoms with Crippen molar-refractivity contribution in [1.82, 2.24) is 10.2 Å². The number of nitrogens with zero attached hydrogens (tertiary/aromatic N) is 1. The Kier molecular flexibility index (Phi) is 7.93. The summed E-state index contributed by atoms with van der Waals surface area (Å²) in [7, 11) is 3.25. The van der Waals surface area contributed by atoms with E-state index in [0.717, 1.165) is 23.1 Å². The van der Waals surface area contributed by atoms with Crippen LogP contribution < -0.4 is 14.8 Å². The summed E-state index contributed by atoms with van der Waals surface area (Å²) in [6.45, 7) is 1.02. The fourth-order valence-electron chi connectivity index (χ4n) is 4.50. The van der Waals surface area contributed by atoms with Crippen molar-refractivity contribution >= 4 is 23.4 Å². The molecule has 0 fully saturated rings. The van der Waals surface area contributed by atoms with Crippen molar-refractivity contribution in [1.29, 1.82) is 0 Å². The molecular weight excluding hydrogens is 464 g/mol. The highest BCUT2D eigenvalue weighted by Gasteiger charge is 2.33. The zero-order valence-electron chi connectivity index (χ0n) is 19.9. The highest BCUT2D eigenvalue weighted by molar-refractivity contribution is 6.30. The number of halogens is 1. The molecule has 0 bridgehead atoms. The van der Waals surface area contributed by atoms with E-state index in [1.807, 2.05) is 47.4 Å². The SMILES string of the molecule is COc1cc2c(cc1OC)C(c1ccccc1)N(C(=O)CCCNC(=O)c1ccc(Cl)cc1)CC2. The van der Waals surface area contributed by atoms with Gasteiger partial charge in [-0.05, 0) is 65.9 Å². The van der Waals surface area contributed by atoms with E-state index in [9.17, 15) is 9.59 Å². The number of rotatable bonds is 8. The molecule has 1 unspecified atom stereocenters. The summed E-state index contributed by atoms with van der Waals surface area (Å²) in [5.41, 5.74) is 3.78. The predicted molar refractivity (Wildman–Crippen MR) is 136 cm³/mol. The van der Waals surface area contributed by atoms with E-state index >= 15 is 0 Å². The van der Waals surface area contributed by atoms with Crippen LogP contribution in [0.2, 0.25) is 5.02 Å². The third-order valence-electron chi connectivity index (χ3n) is 6.27. The first-order valence-electron chi connectivity index (χ1n) is 11.6. The number of fused-ring (bicyclic) bond motifs is 1. The van der Waals surface area contributed by atoms with Crippen molar-refractivity contribution in [3.63, 3.8) is 0 Å². The highest BCUT2D eigenvalue weighted by atomic mass is 35.5. The zero-order chi connectivity index (χ0) is 24.8. The molecule has 0 saturated heterocycles. The van der Waals surface area contributed by atoms with E-state index in [1.54, 1.807) is 38.5 Å². The number of ether oxygens (including phenoxy) is 2. The van der Waals surface area contributed by atoms with E-state index in [2.05, 4.69) is 5.32 Å². The molecule has 1 atom stereocenters. The number of methoxy groups -OCH3 is 2. The van der Waals surface area contributed by atoms with Gasteiger partial charge in [0, 0.05) is 30.1 Å². The minimum absolute atomic E-state index is 0.0556. The second kappa shape index (κ2) is 11.3. The van der Waals surface area contributed by atoms with Crippen LogP contribution in [0.15, 0.2) is 66.7 Å². The standard InChI is InChI=1S/C28H29ClN2O4/c1-34-24-17-21-14-16-31(27(19-7-4-3-5-8-19)23(21)18-25(24)35-2)26(32)9-6-15-30-28(33)20-10-12-22(29)13-11-20/h3-5,7-8,10-13,17-18,27H,6,9,14-16H2,1-2H3,(H,30,33). The average Bonchev–Trinajstić information content (AvgIpc) is 2.90. The minimum Gasteiger partial charge on any atom is -0.493 e. The van der Waals surface area contributed by atoms with Gasteiger partial charge in [-0.3, -0.25) is 9.59 Å². The largest absolute Gasteiger partial charge is 0.493 e. The summed E-state index contributed by atoms with van der Waals surface area (Å²) in [6, 6.07) is 20.5. The van der Waals surface area contributed by atoms with E-state index < -0.39 is 0 Å². The fourth-order valence-corrected chi connectivity index (χ4v) is 4.62. The maximum Gasteiger partial charge on any atom is 0.251 e. The molecule has 1 N–H and O–H groups in total. The van der Waals surface area contributed by atoms with Gasteiger partial charge in [-0.15, -0.1) is 0 Å². The molecule has 6 nitrogen and oxygen atoms in total. The second-order valence-corrected chi connectivity index (χ2v) is 8.86. The Morgan fingerprint density at radius 3 is 2.37 bits per heavy atom. The summed E-state index contributed by atoms with van der Waals surface area (Å²) >= 11 is 5.88. The lowest BCUT2D eigenvalue weighted by Crippen LogP contribution is -2.41. The Morgan fingerprint density at radius 1 is 1.00 bits per heavy atom. The molecule has 35 heavy (non-hydrogen) atoms. The maximum atomic E-state index is 13.4. The molecule has 3 aromatic carbocycles. The van der Waals surface area contributed by atoms with Gasteiger partial charge in [0.2, 0.25) is 5.91 Å². The number of carbonyl (C=O) groups excluding carboxylic acids is 2. The van der Waals surface area contributed by atoms with Gasteiger partial charge in [0.25, 0.3) is 5.91 Å². The van der Waals surface area contributed by atoms with E-state index in [1.165, 1.54) is 0 Å². The molecule has 1 heterocycles. The molecule has 2 amide bonds. The number of nitrogens with one attached hydrogen (secondary N) is 1. The monoisotopic (exact) mass is 492 g/mol. The third kappa shape index (κ3) is 5.60. The van der Waals surface area contributed by atoms with Crippen LogP contribution in [-0.4, -0.2) is 44.0 Å². The van der Waals surface area contributed by atoms with Crippen molar-refractivity contribution in [3.8, 4) is 11.5 Å². The number of carbonyl (C=O) groups is 2. The van der Waals surface area contributed by atoms with Crippen LogP contribution in [-0.2, 0) is 11.2 Å². The first-order chi connectivity index (χ1) is 17.0. The molecule has 7 heteroatoms. The Hall–Kier alpha value is -3.51. The summed E-state index contributed by atoms with van der Waals surface area (Å²) in [5.74, 6) is 1.21. The zero-order valence-corrected chi connectivity index (χ0v) is 20.7. The smallest absolute Gasteiger partial charge is 0.251 e. The van der Waals surface area contributed by atoms with Crippen LogP contribution in [0.5, 0.6) is 11.5 Å². The van der Waals surface area contributed by atoms with Crippen LogP contribution in [0.3, 0.4) is 0 Å². The maximum absolute atomic E-state index is 13.4. The van der Waals surface area contributed by atoms with Crippen LogP contribution >= 0.6 is 11.6 Å². The van der Waals surface area contributed by atoms with Gasteiger partial charge in [0.05, 0.1) is 20.3 Å². The van der Waals surface area contributed by atoms with E-state index in [0.29, 0.717) is 48.0 Å². The summed E-state index contributed by atoms with van der Waals surface area (Å²) in [4.78, 5) is 27.6. The predicted octanol–water partition coefficient (Wildman–Crippen LogP) is 5.04. The summed E-state index contributed by atoms with van der Waals surface area (Å²) in [5, 5.41) is 3.46. The molecule has 4 rings (SSSR count). The summed E-state index contributed by atoms with van der Waals surface area (Å²) < 4.78 is 11.0. The quantitative estimate of drug-likeness (QED) is 0.447. The molecule has 3 aromatic rings. The van der Waals surface area contributed by atoms with Crippen molar-refractivity contribution < 1.29 is 19.1 Å². The Morgan fingerprint density at radius 2 is 1.69 bits per heavy atom. The first kappa shape index (κ1) is 24.6. The van der Waals surface area contributed by atoms with E-state index in [-0.39, 0.29) is 17.9 Å². The van der Waals surface area contributed by atoms with Crippen LogP contribution in [0.25, 0.3) is 0 Å². The van der Waals surface area contributed by atoms with Crippen molar-refractivity contribution in [3.05, 3.63) is 94.0 Å². The Bertz CT molecular complexity index is 1180. The Labute approximate surface area is 210 Å². The number of benzene rings is 3. The van der Waals surface area contributed by atoms with Gasteiger partial charge < -0.3 is 19.7 Å². The van der Waals surface area contributed by atoms with Crippen molar-refractivity contribution in [2.24, 2.45) is 0 Å². The number of amides is 2. The van der Waals surface area contributed by atoms with Gasteiger partial charge in [0.1, 0.15) is 0 Å². The lowest BCUT2D eigenvalue weighted by atomic mass is 9.87. The summed E-state index contributed by atoms with van der Waals surface area (Å²) in [6.07, 6.45) is 1.62. The van der Waals surface area contributed by atoms with Crippen molar-refractivity contribution in [2.45, 2.75) is 25.3 Å². The van der Waals surface area contributed by atoms with Gasteiger partial charge in [0.15, 0.2) is 11.5 Å². The third-order valence-corrected chi connectivity index (χ3v) is 6.52. The molecular formula is C28H29ClN2O4. The molecule has 0 saturated carbocycles. The van der Waals surface area contributed by atoms with E-state index in [4.69, 9.17) is 21.1 Å². The average molecular weight is 493 g/mol.